The van der Waals surface area contributed by atoms with Crippen LogP contribution in [0.25, 0.3) is 0 Å². The van der Waals surface area contributed by atoms with Crippen LogP contribution in [0.4, 0.5) is 0 Å². The molecule has 0 nitrogen and oxygen atoms in total. The second-order valence-electron chi connectivity index (χ2n) is 3.51. The largest absolute Gasteiger partial charge is 0.144 e. The molecule has 0 aliphatic carbocycles. The van der Waals surface area contributed by atoms with E-state index in [-0.39, 0.29) is 0 Å². The topological polar surface area (TPSA) is 0 Å². The van der Waals surface area contributed by atoms with Gasteiger partial charge in [0.2, 0.25) is 0 Å². The van der Waals surface area contributed by atoms with Crippen LogP contribution in [0.5, 0.6) is 0 Å². The van der Waals surface area contributed by atoms with Crippen molar-refractivity contribution in [3.63, 3.8) is 0 Å². The number of thioether (sulfide) groups is 2. The zero-order valence-electron chi connectivity index (χ0n) is 7.18. The maximum Gasteiger partial charge on any atom is 0.0557 e. The maximum absolute atomic E-state index is 2.35. The van der Waals surface area contributed by atoms with Crippen LogP contribution in [0.2, 0.25) is 0 Å². The lowest BCUT2D eigenvalue weighted by Crippen LogP contribution is -2.27. The highest BCUT2D eigenvalue weighted by atomic mass is 32.2. The van der Waals surface area contributed by atoms with Crippen molar-refractivity contribution in [2.45, 2.75) is 37.0 Å². The fraction of sp³-hybridized carbons (Fsp3) is 1.00. The number of hydrogen-bond donors (Lipinski definition) is 0. The minimum Gasteiger partial charge on any atom is -0.144 e. The highest BCUT2D eigenvalue weighted by Crippen LogP contribution is 2.46. The molecular weight excluding hydrogens is 160 g/mol. The van der Waals surface area contributed by atoms with Crippen LogP contribution in [0.1, 0.15) is 27.7 Å². The summed E-state index contributed by atoms with van der Waals surface area (Å²) >= 11 is 4.21. The molecule has 0 radical (unpaired) electrons. The minimum absolute atomic E-state index is 0.464. The molecule has 0 aromatic carbocycles. The molecule has 1 saturated heterocycles. The van der Waals surface area contributed by atoms with Crippen LogP contribution in [-0.4, -0.2) is 15.1 Å². The maximum atomic E-state index is 2.35. The van der Waals surface area contributed by atoms with Gasteiger partial charge in [0.1, 0.15) is 0 Å². The molecule has 0 saturated carbocycles. The van der Waals surface area contributed by atoms with Gasteiger partial charge in [0.25, 0.3) is 0 Å². The van der Waals surface area contributed by atoms with Gasteiger partial charge in [0.15, 0.2) is 0 Å². The molecule has 0 bridgehead atoms. The van der Waals surface area contributed by atoms with E-state index in [2.05, 4.69) is 51.2 Å². The summed E-state index contributed by atoms with van der Waals surface area (Å²) < 4.78 is 0.464. The van der Waals surface area contributed by atoms with Crippen LogP contribution in [0.15, 0.2) is 0 Å². The summed E-state index contributed by atoms with van der Waals surface area (Å²) in [6, 6.07) is 0. The first-order valence-electron chi connectivity index (χ1n) is 3.83. The summed E-state index contributed by atoms with van der Waals surface area (Å²) in [5, 5.41) is 0.844. The Hall–Kier alpha value is 0.700. The molecular formula is C8H16S2. The Morgan fingerprint density at radius 1 is 1.30 bits per heavy atom. The van der Waals surface area contributed by atoms with Gasteiger partial charge in [-0.15, -0.1) is 23.5 Å². The number of rotatable bonds is 0. The minimum atomic E-state index is 0.464. The van der Waals surface area contributed by atoms with Crippen molar-refractivity contribution in [3.8, 4) is 0 Å². The Morgan fingerprint density at radius 3 is 2.30 bits per heavy atom. The summed E-state index contributed by atoms with van der Waals surface area (Å²) in [7, 11) is 0. The molecule has 1 heterocycles. The van der Waals surface area contributed by atoms with E-state index in [1.165, 1.54) is 5.75 Å². The average molecular weight is 176 g/mol. The molecule has 0 amide bonds. The average Bonchev–Trinajstić information content (AvgIpc) is 1.79. The second-order valence-corrected chi connectivity index (χ2v) is 7.41. The van der Waals surface area contributed by atoms with Crippen LogP contribution in [-0.2, 0) is 0 Å². The molecule has 2 heteroatoms. The van der Waals surface area contributed by atoms with Crippen molar-refractivity contribution in [1.29, 1.82) is 0 Å². The highest BCUT2D eigenvalue weighted by Gasteiger charge is 2.30. The molecule has 2 atom stereocenters. The molecule has 0 aromatic heterocycles. The van der Waals surface area contributed by atoms with Crippen molar-refractivity contribution in [1.82, 2.24) is 0 Å². The first-order valence-corrected chi connectivity index (χ1v) is 5.69. The third-order valence-corrected chi connectivity index (χ3v) is 5.40. The van der Waals surface area contributed by atoms with Crippen molar-refractivity contribution in [2.24, 2.45) is 5.92 Å². The third kappa shape index (κ3) is 2.09. The predicted octanol–water partition coefficient (Wildman–Crippen LogP) is 3.23. The molecule has 0 aromatic rings. The summed E-state index contributed by atoms with van der Waals surface area (Å²) in [4.78, 5) is 0. The van der Waals surface area contributed by atoms with Gasteiger partial charge in [-0.25, -0.2) is 0 Å². The van der Waals surface area contributed by atoms with Gasteiger partial charge in [0.05, 0.1) is 4.08 Å². The summed E-state index contributed by atoms with van der Waals surface area (Å²) in [5.41, 5.74) is 0. The van der Waals surface area contributed by atoms with Gasteiger partial charge in [0, 0.05) is 5.25 Å². The lowest BCUT2D eigenvalue weighted by atomic mass is 10.1. The fourth-order valence-corrected chi connectivity index (χ4v) is 4.30. The third-order valence-electron chi connectivity index (χ3n) is 1.96. The SMILES string of the molecule is C[C@@H]1CSC(C)(C)S[C@@H]1C. The van der Waals surface area contributed by atoms with E-state index in [9.17, 15) is 0 Å². The molecule has 10 heavy (non-hydrogen) atoms. The molecule has 1 aliphatic heterocycles. The predicted molar refractivity (Wildman–Crippen MR) is 52.8 cm³/mol. The van der Waals surface area contributed by atoms with Crippen molar-refractivity contribution in [3.05, 3.63) is 0 Å². The quantitative estimate of drug-likeness (QED) is 0.556. The lowest BCUT2D eigenvalue weighted by molar-refractivity contribution is 0.639. The molecule has 60 valence electrons. The van der Waals surface area contributed by atoms with E-state index in [0.29, 0.717) is 4.08 Å². The van der Waals surface area contributed by atoms with E-state index < -0.39 is 0 Å². The van der Waals surface area contributed by atoms with E-state index >= 15 is 0 Å². The Balaban J connectivity index is 2.49. The molecule has 0 spiro atoms. The van der Waals surface area contributed by atoms with Crippen LogP contribution < -0.4 is 0 Å². The Kier molecular flexibility index (Phi) is 2.62. The highest BCUT2D eigenvalue weighted by molar-refractivity contribution is 8.19. The van der Waals surface area contributed by atoms with E-state index in [4.69, 9.17) is 0 Å². The normalized spacial score (nSPS) is 39.6. The zero-order chi connectivity index (χ0) is 7.78. The van der Waals surface area contributed by atoms with Gasteiger partial charge in [-0.1, -0.05) is 13.8 Å². The van der Waals surface area contributed by atoms with Crippen LogP contribution in [0, 0.1) is 5.92 Å². The number of hydrogen-bond acceptors (Lipinski definition) is 2. The molecule has 1 fully saturated rings. The summed E-state index contributed by atoms with van der Waals surface area (Å²) in [6.45, 7) is 9.34. The van der Waals surface area contributed by atoms with Crippen molar-refractivity contribution >= 4 is 23.5 Å². The lowest BCUT2D eigenvalue weighted by Gasteiger charge is -2.36. The molecule has 0 N–H and O–H groups in total. The van der Waals surface area contributed by atoms with Crippen LogP contribution >= 0.6 is 23.5 Å². The van der Waals surface area contributed by atoms with Crippen LogP contribution in [0.3, 0.4) is 0 Å². The fourth-order valence-electron chi connectivity index (χ4n) is 1.07. The van der Waals surface area contributed by atoms with Gasteiger partial charge < -0.3 is 0 Å². The molecule has 1 rings (SSSR count). The van der Waals surface area contributed by atoms with Gasteiger partial charge >= 0.3 is 0 Å². The molecule has 1 aliphatic rings. The van der Waals surface area contributed by atoms with E-state index in [0.717, 1.165) is 11.2 Å². The Labute approximate surface area is 72.5 Å². The van der Waals surface area contributed by atoms with Crippen molar-refractivity contribution in [2.75, 3.05) is 5.75 Å². The van der Waals surface area contributed by atoms with Crippen molar-refractivity contribution < 1.29 is 0 Å². The monoisotopic (exact) mass is 176 g/mol. The van der Waals surface area contributed by atoms with E-state index in [1.807, 2.05) is 0 Å². The Morgan fingerprint density at radius 2 is 1.90 bits per heavy atom. The Bertz CT molecular complexity index is 120. The van der Waals surface area contributed by atoms with Gasteiger partial charge in [-0.2, -0.15) is 0 Å². The first-order chi connectivity index (χ1) is 4.51. The zero-order valence-corrected chi connectivity index (χ0v) is 8.81. The summed E-state index contributed by atoms with van der Waals surface area (Å²) in [5.74, 6) is 2.23. The molecule has 0 unspecified atom stereocenters. The van der Waals surface area contributed by atoms with E-state index in [1.54, 1.807) is 0 Å². The standard InChI is InChI=1S/C8H16S2/c1-6-5-9-8(3,4)10-7(6)2/h6-7H,5H2,1-4H3/t6-,7-/m1/s1. The first kappa shape index (κ1) is 8.79. The van der Waals surface area contributed by atoms with Gasteiger partial charge in [-0.3, -0.25) is 0 Å². The smallest absolute Gasteiger partial charge is 0.0557 e. The second kappa shape index (κ2) is 2.98. The van der Waals surface area contributed by atoms with Gasteiger partial charge in [-0.05, 0) is 25.5 Å². The summed E-state index contributed by atoms with van der Waals surface area (Å²) in [6.07, 6.45) is 0.